The fraction of sp³-hybridized carbons (Fsp3) is 0.238. The SMILES string of the molecule is O=c1cc(N2CCSCC2)nc(-c2ccc(Cl)cc2Cl)n1-c1ccc(C(F)(F)F)cc1. The Morgan fingerprint density at radius 3 is 2.26 bits per heavy atom. The minimum atomic E-state index is -4.47. The van der Waals surface area contributed by atoms with Crippen molar-refractivity contribution >= 4 is 40.8 Å². The van der Waals surface area contributed by atoms with E-state index in [1.54, 1.807) is 12.1 Å². The van der Waals surface area contributed by atoms with Gasteiger partial charge in [-0.3, -0.25) is 9.36 Å². The van der Waals surface area contributed by atoms with Crippen LogP contribution >= 0.6 is 35.0 Å². The highest BCUT2D eigenvalue weighted by Crippen LogP contribution is 2.33. The molecule has 4 rings (SSSR count). The van der Waals surface area contributed by atoms with E-state index in [0.29, 0.717) is 16.4 Å². The monoisotopic (exact) mass is 485 g/mol. The second-order valence-electron chi connectivity index (χ2n) is 6.88. The van der Waals surface area contributed by atoms with Crippen molar-refractivity contribution < 1.29 is 13.2 Å². The summed E-state index contributed by atoms with van der Waals surface area (Å²) in [6.07, 6.45) is -4.47. The minimum absolute atomic E-state index is 0.238. The van der Waals surface area contributed by atoms with Gasteiger partial charge in [0.05, 0.1) is 16.3 Å². The van der Waals surface area contributed by atoms with Crippen LogP contribution in [0, 0.1) is 0 Å². The molecule has 0 atom stereocenters. The maximum absolute atomic E-state index is 13.1. The molecule has 4 nitrogen and oxygen atoms in total. The smallest absolute Gasteiger partial charge is 0.355 e. The number of benzene rings is 2. The Hall–Kier alpha value is -2.16. The van der Waals surface area contributed by atoms with E-state index < -0.39 is 17.3 Å². The molecule has 2 heterocycles. The summed E-state index contributed by atoms with van der Waals surface area (Å²) in [7, 11) is 0. The first-order valence-electron chi connectivity index (χ1n) is 9.34. The van der Waals surface area contributed by atoms with Gasteiger partial charge in [-0.25, -0.2) is 4.98 Å². The molecule has 0 saturated carbocycles. The van der Waals surface area contributed by atoms with Crippen LogP contribution in [0.15, 0.2) is 53.3 Å². The Labute approximate surface area is 190 Å². The Morgan fingerprint density at radius 2 is 1.65 bits per heavy atom. The van der Waals surface area contributed by atoms with E-state index in [2.05, 4.69) is 0 Å². The third kappa shape index (κ3) is 4.71. The number of thioether (sulfide) groups is 1. The average molecular weight is 486 g/mol. The zero-order valence-electron chi connectivity index (χ0n) is 16.0. The quantitative estimate of drug-likeness (QED) is 0.471. The van der Waals surface area contributed by atoms with Crippen molar-refractivity contribution in [3.63, 3.8) is 0 Å². The maximum atomic E-state index is 13.1. The fourth-order valence-electron chi connectivity index (χ4n) is 3.33. The van der Waals surface area contributed by atoms with Gasteiger partial charge in [0.15, 0.2) is 5.82 Å². The van der Waals surface area contributed by atoms with Gasteiger partial charge in [-0.15, -0.1) is 0 Å². The lowest BCUT2D eigenvalue weighted by Gasteiger charge is -2.28. The maximum Gasteiger partial charge on any atom is 0.416 e. The molecule has 1 saturated heterocycles. The number of halogens is 5. The second-order valence-corrected chi connectivity index (χ2v) is 8.95. The molecule has 0 spiro atoms. The molecule has 1 aliphatic heterocycles. The van der Waals surface area contributed by atoms with E-state index >= 15 is 0 Å². The lowest BCUT2D eigenvalue weighted by Crippen LogP contribution is -2.35. The molecule has 10 heteroatoms. The van der Waals surface area contributed by atoms with E-state index in [9.17, 15) is 18.0 Å². The van der Waals surface area contributed by atoms with Crippen molar-refractivity contribution in [2.45, 2.75) is 6.18 Å². The number of hydrogen-bond donors (Lipinski definition) is 0. The van der Waals surface area contributed by atoms with Gasteiger partial charge >= 0.3 is 6.18 Å². The molecule has 162 valence electrons. The van der Waals surface area contributed by atoms with Crippen molar-refractivity contribution in [1.82, 2.24) is 9.55 Å². The molecule has 0 N–H and O–H groups in total. The fourth-order valence-corrected chi connectivity index (χ4v) is 4.72. The molecule has 1 aromatic heterocycles. The molecule has 1 fully saturated rings. The van der Waals surface area contributed by atoms with Gasteiger partial charge in [-0.2, -0.15) is 24.9 Å². The highest BCUT2D eigenvalue weighted by molar-refractivity contribution is 7.99. The highest BCUT2D eigenvalue weighted by Gasteiger charge is 2.30. The number of hydrogen-bond acceptors (Lipinski definition) is 4. The van der Waals surface area contributed by atoms with Gasteiger partial charge in [-0.1, -0.05) is 23.2 Å². The van der Waals surface area contributed by atoms with E-state index in [1.165, 1.54) is 28.8 Å². The van der Waals surface area contributed by atoms with Gasteiger partial charge in [0.25, 0.3) is 5.56 Å². The van der Waals surface area contributed by atoms with Gasteiger partial charge in [0, 0.05) is 41.2 Å². The van der Waals surface area contributed by atoms with E-state index in [1.807, 2.05) is 16.7 Å². The van der Waals surface area contributed by atoms with Crippen LogP contribution in [-0.4, -0.2) is 34.1 Å². The predicted molar refractivity (Wildman–Crippen MR) is 120 cm³/mol. The van der Waals surface area contributed by atoms with Crippen LogP contribution in [0.2, 0.25) is 10.0 Å². The molecule has 0 radical (unpaired) electrons. The summed E-state index contributed by atoms with van der Waals surface area (Å²) in [6.45, 7) is 1.49. The largest absolute Gasteiger partial charge is 0.416 e. The number of nitrogens with zero attached hydrogens (tertiary/aromatic N) is 3. The van der Waals surface area contributed by atoms with Gasteiger partial charge < -0.3 is 4.90 Å². The Kier molecular flexibility index (Phi) is 6.23. The molecule has 0 aliphatic carbocycles. The van der Waals surface area contributed by atoms with Crippen LogP contribution in [0.3, 0.4) is 0 Å². The molecule has 0 amide bonds. The number of alkyl halides is 3. The predicted octanol–water partition coefficient (Wildman–Crippen LogP) is 5.78. The van der Waals surface area contributed by atoms with E-state index in [4.69, 9.17) is 28.2 Å². The minimum Gasteiger partial charge on any atom is -0.355 e. The van der Waals surface area contributed by atoms with Gasteiger partial charge in [-0.05, 0) is 42.5 Å². The van der Waals surface area contributed by atoms with Crippen LogP contribution in [-0.2, 0) is 6.18 Å². The van der Waals surface area contributed by atoms with Crippen LogP contribution in [0.1, 0.15) is 5.56 Å². The Balaban J connectivity index is 1.90. The normalized spacial score (nSPS) is 14.7. The third-order valence-electron chi connectivity index (χ3n) is 4.87. The summed E-state index contributed by atoms with van der Waals surface area (Å²) in [5.74, 6) is 2.58. The lowest BCUT2D eigenvalue weighted by molar-refractivity contribution is -0.137. The molecule has 2 aromatic carbocycles. The van der Waals surface area contributed by atoms with Crippen molar-refractivity contribution in [3.05, 3.63) is 74.5 Å². The second kappa shape index (κ2) is 8.76. The molecule has 0 bridgehead atoms. The summed E-state index contributed by atoms with van der Waals surface area (Å²) < 4.78 is 40.2. The van der Waals surface area contributed by atoms with Crippen LogP contribution in [0.5, 0.6) is 0 Å². The zero-order valence-corrected chi connectivity index (χ0v) is 18.3. The topological polar surface area (TPSA) is 38.1 Å². The summed E-state index contributed by atoms with van der Waals surface area (Å²) in [5.41, 5.74) is -0.502. The molecule has 1 aliphatic rings. The standard InChI is InChI=1S/C21H16Cl2F3N3OS/c22-14-3-6-16(17(23)11-14)20-27-18(28-7-9-31-10-8-28)12-19(30)29(20)15-4-1-13(2-5-15)21(24,25)26/h1-6,11-12H,7-10H2. The lowest BCUT2D eigenvalue weighted by atomic mass is 10.1. The van der Waals surface area contributed by atoms with Crippen LogP contribution in [0.4, 0.5) is 19.0 Å². The summed E-state index contributed by atoms with van der Waals surface area (Å²) in [6, 6.07) is 10.6. The first-order valence-corrected chi connectivity index (χ1v) is 11.2. The third-order valence-corrected chi connectivity index (χ3v) is 6.36. The van der Waals surface area contributed by atoms with Crippen molar-refractivity contribution in [2.24, 2.45) is 0 Å². The van der Waals surface area contributed by atoms with Crippen molar-refractivity contribution in [2.75, 3.05) is 29.5 Å². The van der Waals surface area contributed by atoms with E-state index in [0.717, 1.165) is 36.7 Å². The van der Waals surface area contributed by atoms with Gasteiger partial charge in [0.1, 0.15) is 5.82 Å². The average Bonchev–Trinajstić information content (AvgIpc) is 2.73. The first-order chi connectivity index (χ1) is 14.7. The number of rotatable bonds is 3. The molecule has 31 heavy (non-hydrogen) atoms. The Morgan fingerprint density at radius 1 is 0.968 bits per heavy atom. The van der Waals surface area contributed by atoms with Crippen molar-refractivity contribution in [1.29, 1.82) is 0 Å². The zero-order chi connectivity index (χ0) is 22.2. The summed E-state index contributed by atoms with van der Waals surface area (Å²) in [5, 5.41) is 0.702. The number of aromatic nitrogens is 2. The van der Waals surface area contributed by atoms with E-state index in [-0.39, 0.29) is 16.5 Å². The molecular weight excluding hydrogens is 470 g/mol. The Bertz CT molecular complexity index is 1160. The number of anilines is 1. The van der Waals surface area contributed by atoms with Crippen molar-refractivity contribution in [3.8, 4) is 17.1 Å². The first kappa shape index (κ1) is 22.0. The summed E-state index contributed by atoms with van der Waals surface area (Å²) >= 11 is 14.2. The molecular formula is C21H16Cl2F3N3OS. The molecule has 0 unspecified atom stereocenters. The van der Waals surface area contributed by atoms with Gasteiger partial charge in [0.2, 0.25) is 0 Å². The summed E-state index contributed by atoms with van der Waals surface area (Å²) in [4.78, 5) is 19.8. The highest BCUT2D eigenvalue weighted by atomic mass is 35.5. The van der Waals surface area contributed by atoms with Crippen LogP contribution < -0.4 is 10.5 Å². The van der Waals surface area contributed by atoms with Crippen LogP contribution in [0.25, 0.3) is 17.1 Å². The molecule has 3 aromatic rings.